The summed E-state index contributed by atoms with van der Waals surface area (Å²) in [5.41, 5.74) is -0.0260. The van der Waals surface area contributed by atoms with E-state index in [1.54, 1.807) is 0 Å². The molecule has 0 unspecified atom stereocenters. The van der Waals surface area contributed by atoms with Crippen molar-refractivity contribution in [3.8, 4) is 5.75 Å². The fourth-order valence-corrected chi connectivity index (χ4v) is 2.42. The van der Waals surface area contributed by atoms with Gasteiger partial charge in [-0.25, -0.2) is 4.79 Å². The SMILES string of the molecule is O=C(O)[C@H]1O[C@@H](Oc2ccc3c(=O)ccoc3c2)[C@H](O)[C@@H](O)[C@@H]1O. The number of carboxylic acid groups (broad SMARTS) is 1. The van der Waals surface area contributed by atoms with Crippen molar-refractivity contribution in [2.75, 3.05) is 0 Å². The third-order valence-corrected chi connectivity index (χ3v) is 3.70. The van der Waals surface area contributed by atoms with Gasteiger partial charge in [0.2, 0.25) is 6.29 Å². The number of aliphatic hydroxyl groups is 3. The molecule has 3 rings (SSSR count). The predicted octanol–water partition coefficient (Wildman–Crippen LogP) is -0.936. The van der Waals surface area contributed by atoms with E-state index in [4.69, 9.17) is 19.0 Å². The summed E-state index contributed by atoms with van der Waals surface area (Å²) in [6, 6.07) is 5.46. The van der Waals surface area contributed by atoms with Crippen LogP contribution in [0.15, 0.2) is 39.7 Å². The van der Waals surface area contributed by atoms with Gasteiger partial charge in [0.05, 0.1) is 11.6 Å². The summed E-state index contributed by atoms with van der Waals surface area (Å²) in [4.78, 5) is 22.7. The predicted molar refractivity (Wildman–Crippen MR) is 77.4 cm³/mol. The average Bonchev–Trinajstić information content (AvgIpc) is 2.55. The summed E-state index contributed by atoms with van der Waals surface area (Å²) < 4.78 is 15.5. The lowest BCUT2D eigenvalue weighted by Gasteiger charge is -2.38. The van der Waals surface area contributed by atoms with Crippen molar-refractivity contribution < 1.29 is 39.1 Å². The lowest BCUT2D eigenvalue weighted by atomic mass is 9.99. The zero-order valence-corrected chi connectivity index (χ0v) is 12.1. The third kappa shape index (κ3) is 2.85. The number of carboxylic acids is 1. The first-order valence-electron chi connectivity index (χ1n) is 6.99. The van der Waals surface area contributed by atoms with Crippen molar-refractivity contribution in [3.05, 3.63) is 40.8 Å². The molecule has 0 radical (unpaired) electrons. The zero-order valence-electron chi connectivity index (χ0n) is 12.1. The van der Waals surface area contributed by atoms with Gasteiger partial charge in [0.25, 0.3) is 0 Å². The number of aliphatic hydroxyl groups excluding tert-OH is 3. The van der Waals surface area contributed by atoms with E-state index in [0.717, 1.165) is 0 Å². The van der Waals surface area contributed by atoms with Gasteiger partial charge in [-0.2, -0.15) is 0 Å². The lowest BCUT2D eigenvalue weighted by Crippen LogP contribution is -2.61. The molecule has 0 bridgehead atoms. The number of rotatable bonds is 3. The Hall–Kier alpha value is -2.46. The van der Waals surface area contributed by atoms with Crippen molar-refractivity contribution in [1.29, 1.82) is 0 Å². The number of carbonyl (C=O) groups is 1. The van der Waals surface area contributed by atoms with Crippen LogP contribution < -0.4 is 10.2 Å². The zero-order chi connectivity index (χ0) is 17.4. The van der Waals surface area contributed by atoms with Crippen molar-refractivity contribution >= 4 is 16.9 Å². The van der Waals surface area contributed by atoms with Crippen LogP contribution in [0.25, 0.3) is 11.0 Å². The average molecular weight is 338 g/mol. The quantitative estimate of drug-likeness (QED) is 0.557. The monoisotopic (exact) mass is 338 g/mol. The standard InChI is InChI=1S/C15H14O9/c16-8-3-4-22-9-5-6(1-2-7(8)9)23-15-12(19)10(17)11(18)13(24-15)14(20)21/h1-5,10-13,15,17-19H,(H,20,21)/t10-,11-,12+,13-,15+/m0/s1. The summed E-state index contributed by atoms with van der Waals surface area (Å²) >= 11 is 0. The van der Waals surface area contributed by atoms with E-state index < -0.39 is 36.7 Å². The molecule has 24 heavy (non-hydrogen) atoms. The van der Waals surface area contributed by atoms with Gasteiger partial charge in [-0.1, -0.05) is 0 Å². The molecule has 0 saturated carbocycles. The molecular weight excluding hydrogens is 324 g/mol. The topological polar surface area (TPSA) is 147 Å². The fourth-order valence-electron chi connectivity index (χ4n) is 2.42. The van der Waals surface area contributed by atoms with Crippen molar-refractivity contribution in [3.63, 3.8) is 0 Å². The minimum atomic E-state index is -1.80. The molecule has 1 aromatic heterocycles. The second kappa shape index (κ2) is 6.21. The summed E-state index contributed by atoms with van der Waals surface area (Å²) in [6.07, 6.45) is -7.31. The molecular formula is C15H14O9. The molecule has 2 aromatic rings. The molecule has 1 aliphatic heterocycles. The second-order valence-corrected chi connectivity index (χ2v) is 5.30. The minimum Gasteiger partial charge on any atom is -0.479 e. The van der Waals surface area contributed by atoms with Gasteiger partial charge in [-0.15, -0.1) is 0 Å². The Morgan fingerprint density at radius 1 is 1.08 bits per heavy atom. The summed E-state index contributed by atoms with van der Waals surface area (Å²) in [7, 11) is 0. The van der Waals surface area contributed by atoms with Crippen LogP contribution in [0.5, 0.6) is 5.75 Å². The molecule has 1 fully saturated rings. The number of hydrogen-bond acceptors (Lipinski definition) is 8. The second-order valence-electron chi connectivity index (χ2n) is 5.30. The highest BCUT2D eigenvalue weighted by Crippen LogP contribution is 2.26. The highest BCUT2D eigenvalue weighted by atomic mass is 16.7. The Kier molecular flexibility index (Phi) is 4.24. The highest BCUT2D eigenvalue weighted by Gasteiger charge is 2.48. The van der Waals surface area contributed by atoms with E-state index >= 15 is 0 Å². The number of aliphatic carboxylic acids is 1. The fraction of sp³-hybridized carbons (Fsp3) is 0.333. The first-order chi connectivity index (χ1) is 11.4. The maximum absolute atomic E-state index is 11.6. The van der Waals surface area contributed by atoms with Gasteiger partial charge in [0.15, 0.2) is 11.5 Å². The van der Waals surface area contributed by atoms with Crippen molar-refractivity contribution in [2.24, 2.45) is 0 Å². The van der Waals surface area contributed by atoms with Crippen LogP contribution >= 0.6 is 0 Å². The van der Waals surface area contributed by atoms with Crippen LogP contribution in [0.2, 0.25) is 0 Å². The van der Waals surface area contributed by atoms with Crippen LogP contribution in [0, 0.1) is 0 Å². The number of ether oxygens (including phenoxy) is 2. The maximum Gasteiger partial charge on any atom is 0.335 e. The molecule has 0 aliphatic carbocycles. The number of hydrogen-bond donors (Lipinski definition) is 4. The Morgan fingerprint density at radius 3 is 2.54 bits per heavy atom. The Morgan fingerprint density at radius 2 is 1.83 bits per heavy atom. The van der Waals surface area contributed by atoms with Crippen molar-refractivity contribution in [1.82, 2.24) is 0 Å². The van der Waals surface area contributed by atoms with Gasteiger partial charge in [0.1, 0.15) is 29.6 Å². The number of benzene rings is 1. The molecule has 1 aromatic carbocycles. The molecule has 4 N–H and O–H groups in total. The minimum absolute atomic E-state index is 0.119. The van der Waals surface area contributed by atoms with Crippen molar-refractivity contribution in [2.45, 2.75) is 30.7 Å². The van der Waals surface area contributed by atoms with E-state index in [0.29, 0.717) is 5.39 Å². The van der Waals surface area contributed by atoms with Crippen LogP contribution in [0.1, 0.15) is 0 Å². The normalized spacial score (nSPS) is 30.2. The van der Waals surface area contributed by atoms with Crippen LogP contribution in [-0.4, -0.2) is 57.1 Å². The van der Waals surface area contributed by atoms with E-state index in [2.05, 4.69) is 0 Å². The third-order valence-electron chi connectivity index (χ3n) is 3.70. The molecule has 0 spiro atoms. The van der Waals surface area contributed by atoms with E-state index in [-0.39, 0.29) is 16.8 Å². The molecule has 1 aliphatic rings. The molecule has 1 saturated heterocycles. The first kappa shape index (κ1) is 16.4. The molecule has 0 amide bonds. The van der Waals surface area contributed by atoms with E-state index in [9.17, 15) is 24.9 Å². The molecule has 5 atom stereocenters. The van der Waals surface area contributed by atoms with Gasteiger partial charge in [-0.3, -0.25) is 4.79 Å². The largest absolute Gasteiger partial charge is 0.479 e. The van der Waals surface area contributed by atoms with Crippen LogP contribution in [-0.2, 0) is 9.53 Å². The van der Waals surface area contributed by atoms with Gasteiger partial charge in [0, 0.05) is 12.1 Å². The molecule has 128 valence electrons. The highest BCUT2D eigenvalue weighted by molar-refractivity contribution is 5.77. The molecule has 9 heteroatoms. The van der Waals surface area contributed by atoms with E-state index in [1.165, 1.54) is 30.5 Å². The summed E-state index contributed by atoms with van der Waals surface area (Å²) in [6.45, 7) is 0. The van der Waals surface area contributed by atoms with Gasteiger partial charge >= 0.3 is 5.97 Å². The van der Waals surface area contributed by atoms with Crippen LogP contribution in [0.4, 0.5) is 0 Å². The first-order valence-corrected chi connectivity index (χ1v) is 6.99. The van der Waals surface area contributed by atoms with E-state index in [1.807, 2.05) is 0 Å². The van der Waals surface area contributed by atoms with Gasteiger partial charge in [-0.05, 0) is 12.1 Å². The Balaban J connectivity index is 1.86. The number of fused-ring (bicyclic) bond motifs is 1. The summed E-state index contributed by atoms with van der Waals surface area (Å²) in [5, 5.41) is 38.6. The Bertz CT molecular complexity index is 814. The Labute approximate surface area is 134 Å². The smallest absolute Gasteiger partial charge is 0.335 e. The lowest BCUT2D eigenvalue weighted by molar-refractivity contribution is -0.271. The maximum atomic E-state index is 11.6. The van der Waals surface area contributed by atoms with Gasteiger partial charge < -0.3 is 34.3 Å². The van der Waals surface area contributed by atoms with Crippen LogP contribution in [0.3, 0.4) is 0 Å². The summed E-state index contributed by atoms with van der Waals surface area (Å²) in [5.74, 6) is -1.39. The molecule has 9 nitrogen and oxygen atoms in total. The molecule has 2 heterocycles.